The van der Waals surface area contributed by atoms with Gasteiger partial charge in [0.05, 0.1) is 0 Å². The first-order valence-electron chi connectivity index (χ1n) is 12.5. The number of nitrogens with zero attached hydrogens (tertiary/aromatic N) is 4. The second-order valence-electron chi connectivity index (χ2n) is 9.46. The molecule has 6 nitrogen and oxygen atoms in total. The predicted molar refractivity (Wildman–Crippen MR) is 143 cm³/mol. The fourth-order valence-corrected chi connectivity index (χ4v) is 5.08. The van der Waals surface area contributed by atoms with E-state index in [0.29, 0.717) is 6.54 Å². The second-order valence-corrected chi connectivity index (χ2v) is 9.46. The van der Waals surface area contributed by atoms with Gasteiger partial charge in [-0.15, -0.1) is 0 Å². The van der Waals surface area contributed by atoms with Gasteiger partial charge in [-0.1, -0.05) is 24.3 Å². The maximum atomic E-state index is 15.0. The Bertz CT molecular complexity index is 1530. The number of likely N-dealkylation sites (tertiary alicyclic amines) is 1. The summed E-state index contributed by atoms with van der Waals surface area (Å²) >= 11 is 0. The van der Waals surface area contributed by atoms with Crippen molar-refractivity contribution in [1.82, 2.24) is 24.6 Å². The lowest BCUT2D eigenvalue weighted by Gasteiger charge is -2.15. The summed E-state index contributed by atoms with van der Waals surface area (Å²) in [6, 6.07) is 17.4. The van der Waals surface area contributed by atoms with Gasteiger partial charge in [-0.2, -0.15) is 5.10 Å². The van der Waals surface area contributed by atoms with Crippen molar-refractivity contribution in [2.45, 2.75) is 32.9 Å². The Morgan fingerprint density at radius 3 is 2.50 bits per heavy atom. The zero-order chi connectivity index (χ0) is 24.6. The van der Waals surface area contributed by atoms with Crippen molar-refractivity contribution in [3.63, 3.8) is 0 Å². The van der Waals surface area contributed by atoms with Crippen LogP contribution in [0.5, 0.6) is 0 Å². The minimum absolute atomic E-state index is 0.166. The Morgan fingerprint density at radius 2 is 1.75 bits per heavy atom. The van der Waals surface area contributed by atoms with E-state index in [2.05, 4.69) is 34.1 Å². The molecule has 0 saturated carbocycles. The Kier molecular flexibility index (Phi) is 5.77. The number of rotatable bonds is 6. The number of aromatic amines is 1. The van der Waals surface area contributed by atoms with Gasteiger partial charge < -0.3 is 10.7 Å². The number of hydrogen-bond acceptors (Lipinski definition) is 4. The molecular weight excluding hydrogens is 451 g/mol. The van der Waals surface area contributed by atoms with Crippen LogP contribution in [-0.4, -0.2) is 37.7 Å². The molecule has 0 atom stereocenters. The van der Waals surface area contributed by atoms with Gasteiger partial charge in [0.2, 0.25) is 0 Å². The lowest BCUT2D eigenvalue weighted by atomic mass is 10.00. The van der Waals surface area contributed by atoms with Gasteiger partial charge in [0.1, 0.15) is 17.2 Å². The highest BCUT2D eigenvalue weighted by atomic mass is 19.1. The van der Waals surface area contributed by atoms with Crippen molar-refractivity contribution in [3.8, 4) is 33.6 Å². The van der Waals surface area contributed by atoms with Crippen molar-refractivity contribution in [2.24, 2.45) is 0 Å². The summed E-state index contributed by atoms with van der Waals surface area (Å²) in [5, 5.41) is 5.81. The summed E-state index contributed by atoms with van der Waals surface area (Å²) in [5.74, 6) is -0.166. The molecule has 1 fully saturated rings. The summed E-state index contributed by atoms with van der Waals surface area (Å²) in [5.41, 5.74) is 13.7. The third-order valence-corrected chi connectivity index (χ3v) is 7.05. The van der Waals surface area contributed by atoms with E-state index in [1.54, 1.807) is 12.3 Å². The molecule has 2 aromatic carbocycles. The fraction of sp³-hybridized carbons (Fsp3) is 0.241. The number of benzene rings is 2. The number of halogens is 1. The smallest absolute Gasteiger partial charge is 0.138 e. The number of H-pyrrole nitrogens is 1. The number of aromatic nitrogens is 4. The fourth-order valence-electron chi connectivity index (χ4n) is 5.08. The van der Waals surface area contributed by atoms with E-state index in [0.717, 1.165) is 75.6 Å². The molecule has 0 unspecified atom stereocenters. The zero-order valence-corrected chi connectivity index (χ0v) is 20.3. The molecular formula is C29H29FN6. The molecule has 7 heteroatoms. The normalized spacial score (nSPS) is 14.2. The van der Waals surface area contributed by atoms with Crippen LogP contribution in [0.25, 0.3) is 44.7 Å². The van der Waals surface area contributed by atoms with Crippen molar-refractivity contribution in [3.05, 3.63) is 78.4 Å². The first-order chi connectivity index (χ1) is 17.6. The molecule has 3 N–H and O–H groups in total. The molecule has 5 aromatic rings. The molecule has 0 radical (unpaired) electrons. The van der Waals surface area contributed by atoms with Gasteiger partial charge in [-0.3, -0.25) is 9.58 Å². The number of nitrogens with two attached hydrogens (primary N) is 1. The van der Waals surface area contributed by atoms with Crippen LogP contribution in [0.15, 0.2) is 67.0 Å². The van der Waals surface area contributed by atoms with Crippen LogP contribution in [-0.2, 0) is 13.1 Å². The van der Waals surface area contributed by atoms with Gasteiger partial charge in [0, 0.05) is 64.5 Å². The number of anilines is 1. The van der Waals surface area contributed by atoms with E-state index in [9.17, 15) is 0 Å². The molecule has 3 aromatic heterocycles. The van der Waals surface area contributed by atoms with E-state index in [4.69, 9.17) is 10.8 Å². The summed E-state index contributed by atoms with van der Waals surface area (Å²) in [4.78, 5) is 10.3. The largest absolute Gasteiger partial charge is 0.399 e. The quantitative estimate of drug-likeness (QED) is 0.288. The van der Waals surface area contributed by atoms with Gasteiger partial charge in [-0.25, -0.2) is 9.37 Å². The van der Waals surface area contributed by atoms with E-state index in [-0.39, 0.29) is 5.82 Å². The molecule has 0 amide bonds. The molecule has 0 aliphatic carbocycles. The zero-order valence-electron chi connectivity index (χ0n) is 20.3. The highest BCUT2D eigenvalue weighted by Crippen LogP contribution is 2.37. The van der Waals surface area contributed by atoms with Crippen molar-refractivity contribution < 1.29 is 4.39 Å². The molecule has 6 rings (SSSR count). The molecule has 1 aliphatic rings. The molecule has 1 saturated heterocycles. The first kappa shape index (κ1) is 22.5. The van der Waals surface area contributed by atoms with E-state index in [1.807, 2.05) is 47.1 Å². The Hall–Kier alpha value is -3.97. The van der Waals surface area contributed by atoms with Crippen LogP contribution in [0.3, 0.4) is 0 Å². The Balaban J connectivity index is 1.40. The topological polar surface area (TPSA) is 75.8 Å². The van der Waals surface area contributed by atoms with E-state index < -0.39 is 0 Å². The maximum absolute atomic E-state index is 15.0. The Labute approximate surface area is 209 Å². The number of fused-ring (bicyclic) bond motifs is 1. The lowest BCUT2D eigenvalue weighted by Crippen LogP contribution is -2.19. The average molecular weight is 481 g/mol. The minimum atomic E-state index is -0.166. The van der Waals surface area contributed by atoms with Gasteiger partial charge >= 0.3 is 0 Å². The first-order valence-corrected chi connectivity index (χ1v) is 12.5. The van der Waals surface area contributed by atoms with Gasteiger partial charge in [0.15, 0.2) is 0 Å². The second kappa shape index (κ2) is 9.24. The molecule has 4 heterocycles. The number of hydrogen-bond donors (Lipinski definition) is 2. The standard InChI is InChI=1S/C29H29FN6/c1-2-36-18-25(28(34-36)19-7-9-22(31)10-8-19)23-11-12-32-29-24(23)16-27(33-29)20-5-6-21(26(30)15-20)17-35-13-3-4-14-35/h5-12,15-16,18H,2-4,13-14,17,31H2,1H3,(H,32,33). The number of pyridine rings is 1. The Morgan fingerprint density at radius 1 is 0.972 bits per heavy atom. The summed E-state index contributed by atoms with van der Waals surface area (Å²) in [7, 11) is 0. The van der Waals surface area contributed by atoms with Crippen molar-refractivity contribution in [1.29, 1.82) is 0 Å². The van der Waals surface area contributed by atoms with Crippen LogP contribution in [0.2, 0.25) is 0 Å². The molecule has 36 heavy (non-hydrogen) atoms. The van der Waals surface area contributed by atoms with E-state index in [1.165, 1.54) is 12.8 Å². The van der Waals surface area contributed by atoms with Crippen molar-refractivity contribution >= 4 is 16.7 Å². The van der Waals surface area contributed by atoms with Crippen LogP contribution >= 0.6 is 0 Å². The third-order valence-electron chi connectivity index (χ3n) is 7.05. The minimum Gasteiger partial charge on any atom is -0.399 e. The van der Waals surface area contributed by atoms with Crippen LogP contribution < -0.4 is 5.73 Å². The van der Waals surface area contributed by atoms with Crippen molar-refractivity contribution in [2.75, 3.05) is 18.8 Å². The summed E-state index contributed by atoms with van der Waals surface area (Å²) in [6.45, 7) is 5.59. The van der Waals surface area contributed by atoms with Gasteiger partial charge in [-0.05, 0) is 68.8 Å². The summed E-state index contributed by atoms with van der Waals surface area (Å²) < 4.78 is 17.0. The van der Waals surface area contributed by atoms with E-state index >= 15 is 4.39 Å². The number of aryl methyl sites for hydroxylation is 1. The highest BCUT2D eigenvalue weighted by molar-refractivity contribution is 5.99. The summed E-state index contributed by atoms with van der Waals surface area (Å²) in [6.07, 6.45) is 6.26. The van der Waals surface area contributed by atoms with Crippen LogP contribution in [0, 0.1) is 5.82 Å². The molecule has 0 bridgehead atoms. The average Bonchev–Trinajstić information content (AvgIpc) is 3.65. The van der Waals surface area contributed by atoms with Gasteiger partial charge in [0.25, 0.3) is 0 Å². The highest BCUT2D eigenvalue weighted by Gasteiger charge is 2.18. The number of nitrogen functional groups attached to an aromatic ring is 1. The lowest BCUT2D eigenvalue weighted by molar-refractivity contribution is 0.325. The SMILES string of the molecule is CCn1cc(-c2ccnc3[nH]c(-c4ccc(CN5CCCC5)c(F)c4)cc23)c(-c2ccc(N)cc2)n1. The molecule has 182 valence electrons. The molecule has 0 spiro atoms. The monoisotopic (exact) mass is 480 g/mol. The van der Waals surface area contributed by atoms with Crippen LogP contribution in [0.1, 0.15) is 25.3 Å². The van der Waals surface area contributed by atoms with Crippen LogP contribution in [0.4, 0.5) is 10.1 Å². The third kappa shape index (κ3) is 4.16. The molecule has 1 aliphatic heterocycles. The maximum Gasteiger partial charge on any atom is 0.138 e. The predicted octanol–water partition coefficient (Wildman–Crippen LogP) is 6.10. The number of nitrogens with one attached hydrogen (secondary N) is 1.